The number of anilines is 1. The summed E-state index contributed by atoms with van der Waals surface area (Å²) in [5.74, 6) is 1.35. The Labute approximate surface area is 152 Å². The molecule has 1 aliphatic heterocycles. The smallest absolute Gasteiger partial charge is 0.243 e. The first-order chi connectivity index (χ1) is 12.7. The predicted molar refractivity (Wildman–Crippen MR) is 103 cm³/mol. The third kappa shape index (κ3) is 3.42. The zero-order valence-corrected chi connectivity index (χ0v) is 14.8. The summed E-state index contributed by atoms with van der Waals surface area (Å²) >= 11 is 0. The van der Waals surface area contributed by atoms with Crippen LogP contribution in [0.3, 0.4) is 0 Å². The molecule has 26 heavy (non-hydrogen) atoms. The maximum atomic E-state index is 6.20. The number of ether oxygens (including phenoxy) is 1. The molecule has 4 rings (SSSR count). The maximum absolute atomic E-state index is 6.20. The molecule has 2 heterocycles. The van der Waals surface area contributed by atoms with Crippen LogP contribution in [0.2, 0.25) is 0 Å². The molecule has 1 aromatic heterocycles. The van der Waals surface area contributed by atoms with Crippen LogP contribution in [0.15, 0.2) is 65.8 Å². The molecule has 0 fully saturated rings. The fourth-order valence-electron chi connectivity index (χ4n) is 3.14. The zero-order chi connectivity index (χ0) is 17.9. The quantitative estimate of drug-likeness (QED) is 0.714. The van der Waals surface area contributed by atoms with Crippen molar-refractivity contribution >= 4 is 11.7 Å². The summed E-state index contributed by atoms with van der Waals surface area (Å²) in [6, 6.07) is 20.1. The van der Waals surface area contributed by atoms with Gasteiger partial charge in [-0.3, -0.25) is 0 Å². The van der Waals surface area contributed by atoms with Gasteiger partial charge < -0.3 is 4.74 Å². The standard InChI is InChI=1S/C21H20N4O/c1-14-12-15(2)23-21(22-14)25-24-18-13-20(16-8-4-3-5-9-16)26-19-11-7-6-10-17(18)19/h3-12,20H,13H2,1-2H3,(H,22,23,25). The van der Waals surface area contributed by atoms with E-state index >= 15 is 0 Å². The van der Waals surface area contributed by atoms with Gasteiger partial charge in [-0.1, -0.05) is 42.5 Å². The van der Waals surface area contributed by atoms with E-state index in [1.165, 1.54) is 0 Å². The Morgan fingerprint density at radius 2 is 1.65 bits per heavy atom. The lowest BCUT2D eigenvalue weighted by molar-refractivity contribution is 0.206. The van der Waals surface area contributed by atoms with E-state index in [-0.39, 0.29) is 6.10 Å². The van der Waals surface area contributed by atoms with Crippen molar-refractivity contribution in [2.24, 2.45) is 5.10 Å². The van der Waals surface area contributed by atoms with Crippen molar-refractivity contribution in [2.75, 3.05) is 5.43 Å². The number of fused-ring (bicyclic) bond motifs is 1. The lowest BCUT2D eigenvalue weighted by Gasteiger charge is -2.27. The average molecular weight is 344 g/mol. The van der Waals surface area contributed by atoms with E-state index in [9.17, 15) is 0 Å². The third-order valence-corrected chi connectivity index (χ3v) is 4.29. The van der Waals surface area contributed by atoms with Crippen molar-refractivity contribution in [1.82, 2.24) is 9.97 Å². The van der Waals surface area contributed by atoms with Crippen LogP contribution >= 0.6 is 0 Å². The first-order valence-corrected chi connectivity index (χ1v) is 8.65. The molecule has 0 amide bonds. The summed E-state index contributed by atoms with van der Waals surface area (Å²) in [5, 5.41) is 4.61. The number of nitrogens with one attached hydrogen (secondary N) is 1. The molecule has 1 N–H and O–H groups in total. The largest absolute Gasteiger partial charge is 0.485 e. The van der Waals surface area contributed by atoms with Crippen LogP contribution in [0.1, 0.15) is 35.0 Å². The Bertz CT molecular complexity index is 933. The van der Waals surface area contributed by atoms with Crippen molar-refractivity contribution in [3.8, 4) is 5.75 Å². The van der Waals surface area contributed by atoms with E-state index in [2.05, 4.69) is 32.6 Å². The van der Waals surface area contributed by atoms with Crippen LogP contribution in [0.5, 0.6) is 5.75 Å². The number of rotatable bonds is 3. The molecule has 0 aliphatic carbocycles. The number of benzene rings is 2. The van der Waals surface area contributed by atoms with Gasteiger partial charge in [-0.05, 0) is 37.6 Å². The van der Waals surface area contributed by atoms with Crippen LogP contribution in [0.4, 0.5) is 5.95 Å². The van der Waals surface area contributed by atoms with Gasteiger partial charge in [0, 0.05) is 23.4 Å². The predicted octanol–water partition coefficient (Wildman–Crippen LogP) is 4.43. The molecule has 1 atom stereocenters. The van der Waals surface area contributed by atoms with Crippen LogP contribution in [0, 0.1) is 13.8 Å². The Kier molecular flexibility index (Phi) is 4.35. The Balaban J connectivity index is 1.67. The Morgan fingerprint density at radius 1 is 0.962 bits per heavy atom. The summed E-state index contributed by atoms with van der Waals surface area (Å²) in [7, 11) is 0. The van der Waals surface area contributed by atoms with Crippen LogP contribution in [-0.2, 0) is 0 Å². The molecule has 5 heteroatoms. The van der Waals surface area contributed by atoms with Crippen LogP contribution in [-0.4, -0.2) is 15.7 Å². The highest BCUT2D eigenvalue weighted by atomic mass is 16.5. The number of hydrogen-bond acceptors (Lipinski definition) is 5. The van der Waals surface area contributed by atoms with Gasteiger partial charge in [0.05, 0.1) is 5.71 Å². The number of aryl methyl sites for hydroxylation is 2. The van der Waals surface area contributed by atoms with Gasteiger partial charge >= 0.3 is 0 Å². The Hall–Kier alpha value is -3.21. The van der Waals surface area contributed by atoms with Gasteiger partial charge in [0.1, 0.15) is 11.9 Å². The number of nitrogens with zero attached hydrogens (tertiary/aromatic N) is 3. The van der Waals surface area contributed by atoms with Crippen molar-refractivity contribution in [1.29, 1.82) is 0 Å². The fourth-order valence-corrected chi connectivity index (χ4v) is 3.14. The third-order valence-electron chi connectivity index (χ3n) is 4.29. The zero-order valence-electron chi connectivity index (χ0n) is 14.8. The van der Waals surface area contributed by atoms with Crippen molar-refractivity contribution in [2.45, 2.75) is 26.4 Å². The summed E-state index contributed by atoms with van der Waals surface area (Å²) in [6.45, 7) is 3.89. The fraction of sp³-hybridized carbons (Fsp3) is 0.190. The molecule has 1 aliphatic rings. The van der Waals surface area contributed by atoms with Gasteiger partial charge in [-0.25, -0.2) is 15.4 Å². The minimum atomic E-state index is -0.0631. The maximum Gasteiger partial charge on any atom is 0.243 e. The van der Waals surface area contributed by atoms with Gasteiger partial charge in [-0.2, -0.15) is 5.10 Å². The SMILES string of the molecule is Cc1cc(C)nc(NN=C2CC(c3ccccc3)Oc3ccccc32)n1. The molecule has 0 bridgehead atoms. The number of aromatic nitrogens is 2. The van der Waals surface area contributed by atoms with Gasteiger partial charge in [0.15, 0.2) is 0 Å². The lowest BCUT2D eigenvalue weighted by Crippen LogP contribution is -2.22. The molecule has 5 nitrogen and oxygen atoms in total. The minimum absolute atomic E-state index is 0.0631. The molecule has 2 aromatic carbocycles. The highest BCUT2D eigenvalue weighted by molar-refractivity contribution is 6.04. The van der Waals surface area contributed by atoms with E-state index in [4.69, 9.17) is 4.74 Å². The molecular formula is C21H20N4O. The van der Waals surface area contributed by atoms with Crippen molar-refractivity contribution in [3.05, 3.63) is 83.2 Å². The van der Waals surface area contributed by atoms with E-state index in [0.717, 1.165) is 34.0 Å². The molecular weight excluding hydrogens is 324 g/mol. The van der Waals surface area contributed by atoms with Gasteiger partial charge in [0.25, 0.3) is 0 Å². The minimum Gasteiger partial charge on any atom is -0.485 e. The average Bonchev–Trinajstić information content (AvgIpc) is 2.66. The van der Waals surface area contributed by atoms with E-state index in [0.29, 0.717) is 12.4 Å². The van der Waals surface area contributed by atoms with Gasteiger partial charge in [0.2, 0.25) is 5.95 Å². The first kappa shape index (κ1) is 16.3. The first-order valence-electron chi connectivity index (χ1n) is 8.65. The second-order valence-electron chi connectivity index (χ2n) is 6.36. The van der Waals surface area contributed by atoms with Crippen LogP contribution < -0.4 is 10.2 Å². The number of hydrazone groups is 1. The Morgan fingerprint density at radius 3 is 2.42 bits per heavy atom. The number of hydrogen-bond donors (Lipinski definition) is 1. The topological polar surface area (TPSA) is 59.4 Å². The highest BCUT2D eigenvalue weighted by Crippen LogP contribution is 2.35. The van der Waals surface area contributed by atoms with Crippen molar-refractivity contribution in [3.63, 3.8) is 0 Å². The van der Waals surface area contributed by atoms with Gasteiger partial charge in [-0.15, -0.1) is 0 Å². The monoisotopic (exact) mass is 344 g/mol. The molecule has 130 valence electrons. The highest BCUT2D eigenvalue weighted by Gasteiger charge is 2.26. The molecule has 1 unspecified atom stereocenters. The van der Waals surface area contributed by atoms with E-state index in [1.54, 1.807) is 0 Å². The van der Waals surface area contributed by atoms with Crippen molar-refractivity contribution < 1.29 is 4.74 Å². The lowest BCUT2D eigenvalue weighted by atomic mass is 9.96. The molecule has 0 spiro atoms. The normalized spacial score (nSPS) is 17.5. The summed E-state index contributed by atoms with van der Waals surface area (Å²) in [4.78, 5) is 8.78. The van der Waals surface area contributed by atoms with Crippen LogP contribution in [0.25, 0.3) is 0 Å². The van der Waals surface area contributed by atoms with E-state index < -0.39 is 0 Å². The molecule has 0 radical (unpaired) electrons. The molecule has 0 saturated carbocycles. The number of para-hydroxylation sites is 1. The summed E-state index contributed by atoms with van der Waals surface area (Å²) in [6.07, 6.45) is 0.616. The molecule has 3 aromatic rings. The van der Waals surface area contributed by atoms with E-state index in [1.807, 2.05) is 62.4 Å². The molecule has 0 saturated heterocycles. The summed E-state index contributed by atoms with van der Waals surface area (Å²) in [5.41, 5.74) is 7.91. The summed E-state index contributed by atoms with van der Waals surface area (Å²) < 4.78 is 6.20. The second kappa shape index (κ2) is 6.96. The second-order valence-corrected chi connectivity index (χ2v) is 6.36.